The molecule has 1 aromatic heterocycles. The number of rotatable bonds is 8. The fourth-order valence-electron chi connectivity index (χ4n) is 4.13. The molecule has 0 bridgehead atoms. The van der Waals surface area contributed by atoms with Crippen LogP contribution in [0.5, 0.6) is 0 Å². The van der Waals surface area contributed by atoms with Crippen LogP contribution in [0.25, 0.3) is 0 Å². The maximum absolute atomic E-state index is 13.7. The molecule has 1 atom stereocenters. The van der Waals surface area contributed by atoms with Crippen molar-refractivity contribution in [3.63, 3.8) is 0 Å². The molecule has 5 heteroatoms. The monoisotopic (exact) mass is 407 g/mol. The molecule has 2 aromatic rings. The smallest absolute Gasteiger partial charge is 0.129 e. The minimum absolute atomic E-state index is 0.0485. The van der Waals surface area contributed by atoms with Crippen molar-refractivity contribution in [2.24, 2.45) is 0 Å². The molecule has 0 spiro atoms. The van der Waals surface area contributed by atoms with Crippen molar-refractivity contribution in [1.82, 2.24) is 5.32 Å². The zero-order valence-corrected chi connectivity index (χ0v) is 17.7. The molecule has 2 nitrogen and oxygen atoms in total. The van der Waals surface area contributed by atoms with E-state index >= 15 is 0 Å². The van der Waals surface area contributed by atoms with Crippen molar-refractivity contribution >= 4 is 11.3 Å². The molecule has 0 amide bonds. The van der Waals surface area contributed by atoms with Gasteiger partial charge in [-0.25, -0.2) is 8.78 Å². The predicted octanol–water partition coefficient (Wildman–Crippen LogP) is 5.64. The normalized spacial score (nSPS) is 17.6. The van der Waals surface area contributed by atoms with Crippen LogP contribution in [0.2, 0.25) is 0 Å². The molecule has 0 aliphatic heterocycles. The van der Waals surface area contributed by atoms with Crippen LogP contribution in [0.1, 0.15) is 67.0 Å². The van der Waals surface area contributed by atoms with Crippen LogP contribution in [0.15, 0.2) is 23.6 Å². The lowest BCUT2D eigenvalue weighted by Gasteiger charge is -2.39. The molecule has 154 valence electrons. The van der Waals surface area contributed by atoms with E-state index in [9.17, 15) is 13.9 Å². The number of hydrogen-bond donors (Lipinski definition) is 2. The van der Waals surface area contributed by atoms with E-state index in [1.807, 2.05) is 11.3 Å². The quantitative estimate of drug-likeness (QED) is 0.593. The summed E-state index contributed by atoms with van der Waals surface area (Å²) in [5.74, 6) is -1.04. The van der Waals surface area contributed by atoms with Gasteiger partial charge in [0.1, 0.15) is 11.6 Å². The molecule has 1 fully saturated rings. The lowest BCUT2D eigenvalue weighted by Crippen LogP contribution is -2.46. The van der Waals surface area contributed by atoms with Gasteiger partial charge >= 0.3 is 0 Å². The molecular weight excluding hydrogens is 376 g/mol. The Kier molecular flexibility index (Phi) is 7.24. The zero-order chi connectivity index (χ0) is 20.1. The van der Waals surface area contributed by atoms with E-state index in [2.05, 4.69) is 23.7 Å². The Morgan fingerprint density at radius 3 is 2.43 bits per heavy atom. The lowest BCUT2D eigenvalue weighted by molar-refractivity contribution is 0.132. The second-order valence-corrected chi connectivity index (χ2v) is 9.05. The van der Waals surface area contributed by atoms with Gasteiger partial charge in [0.25, 0.3) is 0 Å². The molecule has 1 aliphatic rings. The molecule has 3 rings (SSSR count). The van der Waals surface area contributed by atoms with Gasteiger partial charge in [-0.2, -0.15) is 0 Å². The Balaban J connectivity index is 1.60. The van der Waals surface area contributed by atoms with E-state index < -0.39 is 17.7 Å². The molecule has 28 heavy (non-hydrogen) atoms. The van der Waals surface area contributed by atoms with Gasteiger partial charge in [0.2, 0.25) is 0 Å². The van der Waals surface area contributed by atoms with Gasteiger partial charge in [0, 0.05) is 22.5 Å². The molecule has 2 N–H and O–H groups in total. The predicted molar refractivity (Wildman–Crippen MR) is 112 cm³/mol. The second kappa shape index (κ2) is 9.47. The third kappa shape index (κ3) is 5.00. The van der Waals surface area contributed by atoms with Crippen LogP contribution in [-0.4, -0.2) is 17.8 Å². The topological polar surface area (TPSA) is 32.3 Å². The van der Waals surface area contributed by atoms with E-state index in [-0.39, 0.29) is 11.1 Å². The maximum atomic E-state index is 13.7. The van der Waals surface area contributed by atoms with Crippen LogP contribution < -0.4 is 5.32 Å². The highest BCUT2D eigenvalue weighted by Crippen LogP contribution is 2.39. The summed E-state index contributed by atoms with van der Waals surface area (Å²) in [5.41, 5.74) is 1.94. The summed E-state index contributed by atoms with van der Waals surface area (Å²) < 4.78 is 27.4. The third-order valence-corrected chi connectivity index (χ3v) is 7.13. The Labute approximate surface area is 171 Å². The van der Waals surface area contributed by atoms with Crippen molar-refractivity contribution in [2.45, 2.75) is 76.9 Å². The summed E-state index contributed by atoms with van der Waals surface area (Å²) >= 11 is 1.81. The average Bonchev–Trinajstić information content (AvgIpc) is 3.19. The Hall–Kier alpha value is -1.30. The van der Waals surface area contributed by atoms with Crippen LogP contribution in [0, 0.1) is 18.6 Å². The summed E-state index contributed by atoms with van der Waals surface area (Å²) in [5, 5.41) is 16.4. The lowest BCUT2D eigenvalue weighted by atomic mass is 9.77. The first-order chi connectivity index (χ1) is 13.4. The minimum atomic E-state index is -0.546. The Morgan fingerprint density at radius 2 is 1.82 bits per heavy atom. The second-order valence-electron chi connectivity index (χ2n) is 8.06. The minimum Gasteiger partial charge on any atom is -0.392 e. The molecule has 1 saturated carbocycles. The zero-order valence-electron chi connectivity index (χ0n) is 16.9. The van der Waals surface area contributed by atoms with Crippen LogP contribution in [0.4, 0.5) is 8.78 Å². The number of nitrogens with one attached hydrogen (secondary N) is 1. The van der Waals surface area contributed by atoms with Gasteiger partial charge in [0.05, 0.1) is 6.10 Å². The van der Waals surface area contributed by atoms with Gasteiger partial charge in [-0.05, 0) is 73.7 Å². The van der Waals surface area contributed by atoms with E-state index in [0.29, 0.717) is 24.9 Å². The van der Waals surface area contributed by atoms with Crippen LogP contribution >= 0.6 is 11.3 Å². The number of aliphatic hydroxyl groups is 1. The van der Waals surface area contributed by atoms with Gasteiger partial charge in [-0.15, -0.1) is 11.3 Å². The van der Waals surface area contributed by atoms with Gasteiger partial charge in [-0.3, -0.25) is 0 Å². The Bertz CT molecular complexity index is 760. The molecule has 0 saturated heterocycles. The highest BCUT2D eigenvalue weighted by Gasteiger charge is 2.34. The third-order valence-electron chi connectivity index (χ3n) is 6.04. The number of hydrogen-bond acceptors (Lipinski definition) is 3. The number of aliphatic hydroxyl groups excluding tert-OH is 1. The highest BCUT2D eigenvalue weighted by atomic mass is 32.1. The van der Waals surface area contributed by atoms with Gasteiger partial charge in [0.15, 0.2) is 0 Å². The SMILES string of the molecule is CCc1cc(C2(NCC(O)CCc3cc(F)c(C)c(F)c3)CCCCC2)cs1. The summed E-state index contributed by atoms with van der Waals surface area (Å²) in [6.07, 6.45) is 7.29. The standard InChI is InChI=1S/C23H31F2NOS/c1-3-20-13-18(15-28-20)23(9-5-4-6-10-23)26-14-19(27)8-7-17-11-21(24)16(2)22(25)12-17/h11-13,15,19,26-27H,3-10,14H2,1-2H3. The molecule has 0 radical (unpaired) electrons. The first kappa shape index (κ1) is 21.4. The summed E-state index contributed by atoms with van der Waals surface area (Å²) in [6.45, 7) is 4.11. The van der Waals surface area contributed by atoms with Crippen molar-refractivity contribution in [1.29, 1.82) is 0 Å². The number of thiophene rings is 1. The first-order valence-electron chi connectivity index (χ1n) is 10.4. The van der Waals surface area contributed by atoms with E-state index in [1.165, 1.54) is 48.8 Å². The molecule has 1 aromatic carbocycles. The molecular formula is C23H31F2NOS. The summed E-state index contributed by atoms with van der Waals surface area (Å²) in [6, 6.07) is 5.06. The maximum Gasteiger partial charge on any atom is 0.129 e. The molecule has 1 heterocycles. The van der Waals surface area contributed by atoms with E-state index in [4.69, 9.17) is 0 Å². The average molecular weight is 408 g/mol. The summed E-state index contributed by atoms with van der Waals surface area (Å²) in [7, 11) is 0. The first-order valence-corrected chi connectivity index (χ1v) is 11.3. The number of halogens is 2. The van der Waals surface area contributed by atoms with Gasteiger partial charge in [-0.1, -0.05) is 26.2 Å². The number of benzene rings is 1. The molecule has 1 unspecified atom stereocenters. The largest absolute Gasteiger partial charge is 0.392 e. The fraction of sp³-hybridized carbons (Fsp3) is 0.565. The van der Waals surface area contributed by atoms with Crippen molar-refractivity contribution in [2.75, 3.05) is 6.54 Å². The van der Waals surface area contributed by atoms with E-state index in [1.54, 1.807) is 0 Å². The molecule has 1 aliphatic carbocycles. The van der Waals surface area contributed by atoms with Crippen LogP contribution in [-0.2, 0) is 18.4 Å². The number of aryl methyl sites for hydroxylation is 2. The van der Waals surface area contributed by atoms with Crippen molar-refractivity contribution in [3.8, 4) is 0 Å². The fourth-order valence-corrected chi connectivity index (χ4v) is 5.06. The van der Waals surface area contributed by atoms with Gasteiger partial charge < -0.3 is 10.4 Å². The van der Waals surface area contributed by atoms with Crippen LogP contribution in [0.3, 0.4) is 0 Å². The van der Waals surface area contributed by atoms with Crippen molar-refractivity contribution < 1.29 is 13.9 Å². The highest BCUT2D eigenvalue weighted by molar-refractivity contribution is 7.10. The van der Waals surface area contributed by atoms with E-state index in [0.717, 1.165) is 19.3 Å². The summed E-state index contributed by atoms with van der Waals surface area (Å²) in [4.78, 5) is 1.39. The van der Waals surface area contributed by atoms with Crippen molar-refractivity contribution in [3.05, 3.63) is 56.8 Å². The Morgan fingerprint density at radius 1 is 1.14 bits per heavy atom.